The highest BCUT2D eigenvalue weighted by Crippen LogP contribution is 2.17. The summed E-state index contributed by atoms with van der Waals surface area (Å²) in [6.07, 6.45) is 1.25. The molecule has 0 aliphatic carbocycles. The lowest BCUT2D eigenvalue weighted by molar-refractivity contribution is 0.575. The molecule has 0 bridgehead atoms. The summed E-state index contributed by atoms with van der Waals surface area (Å²) in [6, 6.07) is 8.13. The first-order valence-electron chi connectivity index (χ1n) is 5.05. The molecule has 0 fully saturated rings. The molecule has 1 atom stereocenters. The molecule has 0 aromatic heterocycles. The lowest BCUT2D eigenvalue weighted by Crippen LogP contribution is -2.25. The smallest absolute Gasteiger partial charge is 0.148 e. The standard InChI is InChI=1S/C11H16BrNO2S/c1-9(13-6-7-16(2,14)15)10-4-3-5-11(12)8-10/h3-5,8-9,13H,6-7H2,1-2H3/t9-/m1/s1. The summed E-state index contributed by atoms with van der Waals surface area (Å²) in [7, 11) is -2.88. The van der Waals surface area contributed by atoms with Crippen molar-refractivity contribution in [1.29, 1.82) is 0 Å². The van der Waals surface area contributed by atoms with Gasteiger partial charge in [0.05, 0.1) is 5.75 Å². The largest absolute Gasteiger partial charge is 0.309 e. The Kier molecular flexibility index (Phi) is 4.95. The van der Waals surface area contributed by atoms with Crippen LogP contribution >= 0.6 is 15.9 Å². The van der Waals surface area contributed by atoms with Gasteiger partial charge in [0, 0.05) is 23.3 Å². The third-order valence-electron chi connectivity index (χ3n) is 2.27. The molecular weight excluding hydrogens is 290 g/mol. The SMILES string of the molecule is C[C@@H](NCCS(C)(=O)=O)c1cccc(Br)c1. The van der Waals surface area contributed by atoms with Gasteiger partial charge in [-0.15, -0.1) is 0 Å². The molecule has 0 aliphatic rings. The summed E-state index contributed by atoms with van der Waals surface area (Å²) in [5.74, 6) is 0.172. The molecule has 0 spiro atoms. The van der Waals surface area contributed by atoms with Gasteiger partial charge in [-0.3, -0.25) is 0 Å². The van der Waals surface area contributed by atoms with E-state index in [0.29, 0.717) is 6.54 Å². The minimum atomic E-state index is -2.88. The van der Waals surface area contributed by atoms with Gasteiger partial charge < -0.3 is 5.32 Å². The normalized spacial score (nSPS) is 13.7. The van der Waals surface area contributed by atoms with E-state index in [1.165, 1.54) is 6.26 Å². The van der Waals surface area contributed by atoms with Crippen LogP contribution in [0.15, 0.2) is 28.7 Å². The zero-order chi connectivity index (χ0) is 12.2. The summed E-state index contributed by atoms with van der Waals surface area (Å²) in [5, 5.41) is 3.18. The number of halogens is 1. The van der Waals surface area contributed by atoms with Crippen LogP contribution < -0.4 is 5.32 Å². The fourth-order valence-corrected chi connectivity index (χ4v) is 2.26. The van der Waals surface area contributed by atoms with Crippen molar-refractivity contribution in [2.24, 2.45) is 0 Å². The van der Waals surface area contributed by atoms with Crippen molar-refractivity contribution in [3.05, 3.63) is 34.3 Å². The Bertz CT molecular complexity index is 445. The first kappa shape index (κ1) is 13.7. The number of nitrogens with one attached hydrogen (secondary N) is 1. The Morgan fingerprint density at radius 2 is 2.12 bits per heavy atom. The second-order valence-corrected chi connectivity index (χ2v) is 7.04. The van der Waals surface area contributed by atoms with E-state index in [1.54, 1.807) is 0 Å². The maximum absolute atomic E-state index is 11.0. The third kappa shape index (κ3) is 5.09. The summed E-state index contributed by atoms with van der Waals surface area (Å²) < 4.78 is 22.9. The van der Waals surface area contributed by atoms with E-state index in [1.807, 2.05) is 31.2 Å². The van der Waals surface area contributed by atoms with E-state index in [-0.39, 0.29) is 11.8 Å². The van der Waals surface area contributed by atoms with Crippen LogP contribution in [0.4, 0.5) is 0 Å². The van der Waals surface area contributed by atoms with Crippen molar-refractivity contribution < 1.29 is 8.42 Å². The Morgan fingerprint density at radius 1 is 1.44 bits per heavy atom. The molecule has 0 unspecified atom stereocenters. The highest BCUT2D eigenvalue weighted by molar-refractivity contribution is 9.10. The van der Waals surface area contributed by atoms with Crippen molar-refractivity contribution in [2.75, 3.05) is 18.6 Å². The van der Waals surface area contributed by atoms with Crippen molar-refractivity contribution in [1.82, 2.24) is 5.32 Å². The number of benzene rings is 1. The van der Waals surface area contributed by atoms with Crippen molar-refractivity contribution >= 4 is 25.8 Å². The van der Waals surface area contributed by atoms with Crippen LogP contribution in [-0.4, -0.2) is 27.0 Å². The van der Waals surface area contributed by atoms with Crippen LogP contribution in [0.5, 0.6) is 0 Å². The van der Waals surface area contributed by atoms with E-state index >= 15 is 0 Å². The van der Waals surface area contributed by atoms with Gasteiger partial charge in [-0.25, -0.2) is 8.42 Å². The van der Waals surface area contributed by atoms with Crippen molar-refractivity contribution in [3.8, 4) is 0 Å². The summed E-state index contributed by atoms with van der Waals surface area (Å²) >= 11 is 3.41. The highest BCUT2D eigenvalue weighted by Gasteiger charge is 2.07. The van der Waals surface area contributed by atoms with Crippen LogP contribution in [0.2, 0.25) is 0 Å². The second kappa shape index (κ2) is 5.80. The molecule has 0 saturated heterocycles. The van der Waals surface area contributed by atoms with Crippen LogP contribution in [-0.2, 0) is 9.84 Å². The first-order valence-corrected chi connectivity index (χ1v) is 7.90. The minimum absolute atomic E-state index is 0.152. The number of hydrogen-bond acceptors (Lipinski definition) is 3. The molecule has 0 aliphatic heterocycles. The van der Waals surface area contributed by atoms with Gasteiger partial charge >= 0.3 is 0 Å². The van der Waals surface area contributed by atoms with Gasteiger partial charge in [-0.2, -0.15) is 0 Å². The zero-order valence-corrected chi connectivity index (χ0v) is 11.8. The molecule has 16 heavy (non-hydrogen) atoms. The van der Waals surface area contributed by atoms with E-state index in [2.05, 4.69) is 21.2 Å². The van der Waals surface area contributed by atoms with Gasteiger partial charge in [0.2, 0.25) is 0 Å². The van der Waals surface area contributed by atoms with Gasteiger partial charge in [0.1, 0.15) is 9.84 Å². The van der Waals surface area contributed by atoms with E-state index in [4.69, 9.17) is 0 Å². The molecule has 5 heteroatoms. The molecule has 1 aromatic rings. The van der Waals surface area contributed by atoms with Crippen molar-refractivity contribution in [2.45, 2.75) is 13.0 Å². The average Bonchev–Trinajstić information content (AvgIpc) is 2.15. The Balaban J connectivity index is 2.50. The molecule has 1 rings (SSSR count). The van der Waals surface area contributed by atoms with E-state index < -0.39 is 9.84 Å². The third-order valence-corrected chi connectivity index (χ3v) is 3.71. The molecule has 0 amide bonds. The zero-order valence-electron chi connectivity index (χ0n) is 9.40. The predicted octanol–water partition coefficient (Wildman–Crippen LogP) is 2.14. The fraction of sp³-hybridized carbons (Fsp3) is 0.455. The number of rotatable bonds is 5. The molecule has 1 aromatic carbocycles. The van der Waals surface area contributed by atoms with Crippen LogP contribution in [0, 0.1) is 0 Å². The lowest BCUT2D eigenvalue weighted by atomic mass is 10.1. The fourth-order valence-electron chi connectivity index (χ4n) is 1.35. The van der Waals surface area contributed by atoms with Gasteiger partial charge in [-0.1, -0.05) is 28.1 Å². The number of hydrogen-bond donors (Lipinski definition) is 1. The Hall–Kier alpha value is -0.390. The molecule has 0 saturated carbocycles. The Morgan fingerprint density at radius 3 is 2.69 bits per heavy atom. The van der Waals surface area contributed by atoms with Crippen LogP contribution in [0.3, 0.4) is 0 Å². The maximum atomic E-state index is 11.0. The maximum Gasteiger partial charge on any atom is 0.148 e. The van der Waals surface area contributed by atoms with Crippen molar-refractivity contribution in [3.63, 3.8) is 0 Å². The predicted molar refractivity (Wildman–Crippen MR) is 70.3 cm³/mol. The molecule has 3 nitrogen and oxygen atoms in total. The molecular formula is C11H16BrNO2S. The van der Waals surface area contributed by atoms with E-state index in [0.717, 1.165) is 10.0 Å². The highest BCUT2D eigenvalue weighted by atomic mass is 79.9. The van der Waals surface area contributed by atoms with Crippen LogP contribution in [0.1, 0.15) is 18.5 Å². The molecule has 0 heterocycles. The minimum Gasteiger partial charge on any atom is -0.309 e. The van der Waals surface area contributed by atoms with Gasteiger partial charge in [0.15, 0.2) is 0 Å². The molecule has 0 radical (unpaired) electrons. The van der Waals surface area contributed by atoms with E-state index in [9.17, 15) is 8.42 Å². The summed E-state index contributed by atoms with van der Waals surface area (Å²) in [5.41, 5.74) is 1.14. The monoisotopic (exact) mass is 305 g/mol. The summed E-state index contributed by atoms with van der Waals surface area (Å²) in [4.78, 5) is 0. The van der Waals surface area contributed by atoms with Crippen LogP contribution in [0.25, 0.3) is 0 Å². The average molecular weight is 306 g/mol. The number of sulfone groups is 1. The first-order chi connectivity index (χ1) is 7.38. The van der Waals surface area contributed by atoms with Gasteiger partial charge in [0.25, 0.3) is 0 Å². The quantitative estimate of drug-likeness (QED) is 0.906. The molecule has 90 valence electrons. The van der Waals surface area contributed by atoms with Gasteiger partial charge in [-0.05, 0) is 24.6 Å². The Labute approximate surface area is 105 Å². The second-order valence-electron chi connectivity index (χ2n) is 3.86. The summed E-state index contributed by atoms with van der Waals surface area (Å²) in [6.45, 7) is 2.50. The molecule has 1 N–H and O–H groups in total. The topological polar surface area (TPSA) is 46.2 Å². The lowest BCUT2D eigenvalue weighted by Gasteiger charge is -2.14.